The molecule has 104 valence electrons. The summed E-state index contributed by atoms with van der Waals surface area (Å²) < 4.78 is 0. The summed E-state index contributed by atoms with van der Waals surface area (Å²) in [4.78, 5) is 11.7. The molecule has 0 aromatic carbocycles. The van der Waals surface area contributed by atoms with Gasteiger partial charge in [-0.3, -0.25) is 4.79 Å². The van der Waals surface area contributed by atoms with Crippen LogP contribution in [0.1, 0.15) is 90.4 Å². The SMILES string of the molecule is C/C1=C/CCCCCCCCCCCC(=O)CC1. The normalized spacial score (nSPS) is 25.4. The molecule has 0 heterocycles. The molecule has 1 aliphatic rings. The first-order valence-electron chi connectivity index (χ1n) is 7.96. The molecular weight excluding hydrogens is 220 g/mol. The Kier molecular flexibility index (Phi) is 8.89. The van der Waals surface area contributed by atoms with E-state index in [1.807, 2.05) is 0 Å². The lowest BCUT2D eigenvalue weighted by Crippen LogP contribution is -1.98. The van der Waals surface area contributed by atoms with E-state index in [1.54, 1.807) is 0 Å². The van der Waals surface area contributed by atoms with E-state index in [0.29, 0.717) is 5.78 Å². The standard InChI is InChI=1S/C17H30O/c1-16-12-10-8-6-4-2-3-5-7-9-11-13-17(18)15-14-16/h12H,2-11,13-15H2,1H3/b16-12-. The van der Waals surface area contributed by atoms with Crippen LogP contribution in [0.2, 0.25) is 0 Å². The van der Waals surface area contributed by atoms with E-state index in [9.17, 15) is 4.79 Å². The van der Waals surface area contributed by atoms with Gasteiger partial charge in [-0.25, -0.2) is 0 Å². The number of Topliss-reactive ketones (excluding diaryl/α,β-unsaturated/α-hetero) is 1. The molecule has 0 amide bonds. The van der Waals surface area contributed by atoms with Crippen LogP contribution in [-0.2, 0) is 4.79 Å². The fraction of sp³-hybridized carbons (Fsp3) is 0.824. The maximum absolute atomic E-state index is 11.7. The molecule has 0 N–H and O–H groups in total. The zero-order valence-electron chi connectivity index (χ0n) is 12.2. The quantitative estimate of drug-likeness (QED) is 0.512. The van der Waals surface area contributed by atoms with E-state index in [0.717, 1.165) is 25.7 Å². The van der Waals surface area contributed by atoms with Gasteiger partial charge in [0.1, 0.15) is 5.78 Å². The largest absolute Gasteiger partial charge is 0.300 e. The van der Waals surface area contributed by atoms with Crippen molar-refractivity contribution in [3.63, 3.8) is 0 Å². The van der Waals surface area contributed by atoms with E-state index < -0.39 is 0 Å². The maximum atomic E-state index is 11.7. The molecule has 0 bridgehead atoms. The number of hydrogen-bond acceptors (Lipinski definition) is 1. The van der Waals surface area contributed by atoms with Crippen LogP contribution in [0.5, 0.6) is 0 Å². The number of carbonyl (C=O) groups excluding carboxylic acids is 1. The van der Waals surface area contributed by atoms with Crippen molar-refractivity contribution in [3.8, 4) is 0 Å². The topological polar surface area (TPSA) is 17.1 Å². The van der Waals surface area contributed by atoms with Gasteiger partial charge in [0.05, 0.1) is 0 Å². The second-order valence-corrected chi connectivity index (χ2v) is 5.81. The first kappa shape index (κ1) is 15.5. The van der Waals surface area contributed by atoms with Crippen LogP contribution in [0.4, 0.5) is 0 Å². The summed E-state index contributed by atoms with van der Waals surface area (Å²) in [6.45, 7) is 2.18. The lowest BCUT2D eigenvalue weighted by atomic mass is 10.0. The second-order valence-electron chi connectivity index (χ2n) is 5.81. The number of rotatable bonds is 0. The summed E-state index contributed by atoms with van der Waals surface area (Å²) in [5, 5.41) is 0. The Labute approximate surface area is 113 Å². The zero-order valence-corrected chi connectivity index (χ0v) is 12.2. The van der Waals surface area contributed by atoms with Crippen molar-refractivity contribution in [2.75, 3.05) is 0 Å². The van der Waals surface area contributed by atoms with Gasteiger partial charge in [-0.1, -0.05) is 56.6 Å². The minimum Gasteiger partial charge on any atom is -0.300 e. The van der Waals surface area contributed by atoms with Crippen molar-refractivity contribution in [1.29, 1.82) is 0 Å². The maximum Gasteiger partial charge on any atom is 0.133 e. The summed E-state index contributed by atoms with van der Waals surface area (Å²) in [6.07, 6.45) is 18.1. The summed E-state index contributed by atoms with van der Waals surface area (Å²) in [6, 6.07) is 0. The van der Waals surface area contributed by atoms with Crippen LogP contribution in [-0.4, -0.2) is 5.78 Å². The van der Waals surface area contributed by atoms with Crippen LogP contribution in [0, 0.1) is 0 Å². The van der Waals surface area contributed by atoms with E-state index in [-0.39, 0.29) is 0 Å². The molecule has 0 spiro atoms. The molecule has 0 atom stereocenters. The van der Waals surface area contributed by atoms with Gasteiger partial charge in [-0.15, -0.1) is 0 Å². The molecule has 0 radical (unpaired) electrons. The third kappa shape index (κ3) is 8.49. The molecule has 0 aromatic heterocycles. The average Bonchev–Trinajstić information content (AvgIpc) is 2.36. The van der Waals surface area contributed by atoms with Gasteiger partial charge in [0.15, 0.2) is 0 Å². The highest BCUT2D eigenvalue weighted by molar-refractivity contribution is 5.78. The van der Waals surface area contributed by atoms with Gasteiger partial charge in [-0.2, -0.15) is 0 Å². The lowest BCUT2D eigenvalue weighted by Gasteiger charge is -2.05. The predicted molar refractivity (Wildman–Crippen MR) is 78.8 cm³/mol. The summed E-state index contributed by atoms with van der Waals surface area (Å²) in [5.41, 5.74) is 1.41. The molecule has 1 heteroatoms. The average molecular weight is 250 g/mol. The summed E-state index contributed by atoms with van der Waals surface area (Å²) >= 11 is 0. The smallest absolute Gasteiger partial charge is 0.133 e. The monoisotopic (exact) mass is 250 g/mol. The number of ketones is 1. The van der Waals surface area contributed by atoms with Crippen molar-refractivity contribution in [2.24, 2.45) is 0 Å². The Morgan fingerprint density at radius 3 is 1.94 bits per heavy atom. The molecule has 0 saturated heterocycles. The molecule has 0 aliphatic heterocycles. The Bertz CT molecular complexity index is 252. The van der Waals surface area contributed by atoms with Crippen molar-refractivity contribution in [3.05, 3.63) is 11.6 Å². The molecular formula is C17H30O. The molecule has 0 fully saturated rings. The molecule has 0 saturated carbocycles. The number of hydrogen-bond donors (Lipinski definition) is 0. The molecule has 1 aliphatic carbocycles. The predicted octanol–water partition coefficient (Wildman–Crippen LogP) is 5.59. The Morgan fingerprint density at radius 1 is 0.722 bits per heavy atom. The Morgan fingerprint density at radius 2 is 1.28 bits per heavy atom. The van der Waals surface area contributed by atoms with Gasteiger partial charge in [-0.05, 0) is 32.6 Å². The molecule has 1 nitrogen and oxygen atoms in total. The number of allylic oxidation sites excluding steroid dienone is 2. The summed E-state index contributed by atoms with van der Waals surface area (Å²) in [5.74, 6) is 0.467. The fourth-order valence-electron chi connectivity index (χ4n) is 2.62. The van der Waals surface area contributed by atoms with Crippen LogP contribution in [0.15, 0.2) is 11.6 Å². The highest BCUT2D eigenvalue weighted by Gasteiger charge is 2.03. The van der Waals surface area contributed by atoms with Gasteiger partial charge >= 0.3 is 0 Å². The minimum absolute atomic E-state index is 0.467. The first-order chi connectivity index (χ1) is 8.79. The Balaban J connectivity index is 2.29. The van der Waals surface area contributed by atoms with Gasteiger partial charge in [0.2, 0.25) is 0 Å². The molecule has 1 rings (SSSR count). The minimum atomic E-state index is 0.467. The van der Waals surface area contributed by atoms with Crippen molar-refractivity contribution in [2.45, 2.75) is 90.4 Å². The highest BCUT2D eigenvalue weighted by atomic mass is 16.1. The second kappa shape index (κ2) is 10.3. The van der Waals surface area contributed by atoms with Gasteiger partial charge in [0, 0.05) is 12.8 Å². The fourth-order valence-corrected chi connectivity index (χ4v) is 2.62. The van der Waals surface area contributed by atoms with Crippen LogP contribution in [0.25, 0.3) is 0 Å². The van der Waals surface area contributed by atoms with E-state index in [2.05, 4.69) is 13.0 Å². The molecule has 18 heavy (non-hydrogen) atoms. The van der Waals surface area contributed by atoms with E-state index in [4.69, 9.17) is 0 Å². The van der Waals surface area contributed by atoms with Crippen LogP contribution in [0.3, 0.4) is 0 Å². The third-order valence-corrected chi connectivity index (χ3v) is 3.95. The zero-order chi connectivity index (χ0) is 13.1. The van der Waals surface area contributed by atoms with Gasteiger partial charge < -0.3 is 0 Å². The first-order valence-corrected chi connectivity index (χ1v) is 7.96. The van der Waals surface area contributed by atoms with Crippen molar-refractivity contribution in [1.82, 2.24) is 0 Å². The summed E-state index contributed by atoms with van der Waals surface area (Å²) in [7, 11) is 0. The van der Waals surface area contributed by atoms with Gasteiger partial charge in [0.25, 0.3) is 0 Å². The highest BCUT2D eigenvalue weighted by Crippen LogP contribution is 2.15. The van der Waals surface area contributed by atoms with E-state index in [1.165, 1.54) is 63.4 Å². The Hall–Kier alpha value is -0.590. The van der Waals surface area contributed by atoms with Crippen molar-refractivity contribution >= 4 is 5.78 Å². The van der Waals surface area contributed by atoms with Crippen LogP contribution >= 0.6 is 0 Å². The molecule has 0 aromatic rings. The molecule has 0 unspecified atom stereocenters. The van der Waals surface area contributed by atoms with E-state index >= 15 is 0 Å². The lowest BCUT2D eigenvalue weighted by molar-refractivity contribution is -0.119. The number of carbonyl (C=O) groups is 1. The third-order valence-electron chi connectivity index (χ3n) is 3.95. The van der Waals surface area contributed by atoms with Crippen molar-refractivity contribution < 1.29 is 4.79 Å². The van der Waals surface area contributed by atoms with Crippen LogP contribution < -0.4 is 0 Å².